The van der Waals surface area contributed by atoms with Crippen molar-refractivity contribution in [2.75, 3.05) is 13.1 Å². The smallest absolute Gasteiger partial charge is 0.159 e. The second kappa shape index (κ2) is 5.72. The van der Waals surface area contributed by atoms with Crippen molar-refractivity contribution in [1.82, 2.24) is 19.9 Å². The van der Waals surface area contributed by atoms with Crippen LogP contribution < -0.4 is 0 Å². The average Bonchev–Trinajstić information content (AvgIpc) is 3.02. The lowest BCUT2D eigenvalue weighted by Gasteiger charge is -2.47. The molecule has 124 valence electrons. The normalized spacial score (nSPS) is 18.1. The third kappa shape index (κ3) is 2.52. The van der Waals surface area contributed by atoms with Gasteiger partial charge in [-0.25, -0.2) is 9.97 Å². The first kappa shape index (κ1) is 14.7. The van der Waals surface area contributed by atoms with Gasteiger partial charge in [0, 0.05) is 49.4 Å². The van der Waals surface area contributed by atoms with Crippen LogP contribution in [0.5, 0.6) is 0 Å². The summed E-state index contributed by atoms with van der Waals surface area (Å²) in [5.41, 5.74) is 4.21. The van der Waals surface area contributed by atoms with Gasteiger partial charge < -0.3 is 4.74 Å². The summed E-state index contributed by atoms with van der Waals surface area (Å²) in [6.45, 7) is 3.22. The Hall–Kier alpha value is -2.63. The molecule has 2 aliphatic rings. The number of aromatic nitrogens is 3. The molecule has 1 spiro atoms. The zero-order chi connectivity index (χ0) is 16.7. The molecule has 2 aromatic heterocycles. The van der Waals surface area contributed by atoms with Crippen LogP contribution in [0.1, 0.15) is 16.8 Å². The van der Waals surface area contributed by atoms with Gasteiger partial charge in [-0.05, 0) is 11.6 Å². The van der Waals surface area contributed by atoms with E-state index >= 15 is 0 Å². The van der Waals surface area contributed by atoms with Crippen molar-refractivity contribution in [1.29, 1.82) is 0 Å². The highest BCUT2D eigenvalue weighted by Gasteiger charge is 2.50. The zero-order valence-electron chi connectivity index (χ0n) is 13.8. The average molecular weight is 330 g/mol. The van der Waals surface area contributed by atoms with Crippen LogP contribution in [-0.4, -0.2) is 32.9 Å². The molecule has 0 bridgehead atoms. The van der Waals surface area contributed by atoms with E-state index in [4.69, 9.17) is 9.72 Å². The Morgan fingerprint density at radius 3 is 2.72 bits per heavy atom. The van der Waals surface area contributed by atoms with Crippen LogP contribution in [-0.2, 0) is 23.5 Å². The van der Waals surface area contributed by atoms with Crippen LogP contribution in [0.25, 0.3) is 11.4 Å². The highest BCUT2D eigenvalue weighted by molar-refractivity contribution is 5.55. The van der Waals surface area contributed by atoms with E-state index in [2.05, 4.69) is 20.9 Å². The number of pyridine rings is 1. The fourth-order valence-electron chi connectivity index (χ4n) is 3.72. The molecule has 5 nitrogen and oxygen atoms in total. The molecule has 0 unspecified atom stereocenters. The largest absolute Gasteiger partial charge is 0.361 e. The standard InChI is InChI=1S/C20H18N4O/c1-2-6-16(7-3-1)19-22-10-17-18(23-19)12-25-20(17)13-24(14-20)11-15-5-4-8-21-9-15/h1-10H,11-14H2. The van der Waals surface area contributed by atoms with E-state index in [9.17, 15) is 0 Å². The molecule has 0 aliphatic carbocycles. The van der Waals surface area contributed by atoms with E-state index in [0.717, 1.165) is 42.3 Å². The summed E-state index contributed by atoms with van der Waals surface area (Å²) in [6, 6.07) is 14.2. The molecule has 25 heavy (non-hydrogen) atoms. The minimum absolute atomic E-state index is 0.229. The van der Waals surface area contributed by atoms with Crippen molar-refractivity contribution >= 4 is 0 Å². The van der Waals surface area contributed by atoms with Crippen molar-refractivity contribution in [2.24, 2.45) is 0 Å². The summed E-state index contributed by atoms with van der Waals surface area (Å²) >= 11 is 0. The Kier molecular flexibility index (Phi) is 3.36. The van der Waals surface area contributed by atoms with Gasteiger partial charge in [0.05, 0.1) is 12.3 Å². The first-order chi connectivity index (χ1) is 12.3. The molecule has 5 heteroatoms. The molecule has 4 heterocycles. The summed E-state index contributed by atoms with van der Waals surface area (Å²) < 4.78 is 6.15. The van der Waals surface area contributed by atoms with Gasteiger partial charge in [-0.3, -0.25) is 9.88 Å². The lowest BCUT2D eigenvalue weighted by Crippen LogP contribution is -2.58. The summed E-state index contributed by atoms with van der Waals surface area (Å²) in [4.78, 5) is 15.9. The lowest BCUT2D eigenvalue weighted by molar-refractivity contribution is -0.145. The van der Waals surface area contributed by atoms with E-state index in [1.807, 2.05) is 48.8 Å². The van der Waals surface area contributed by atoms with Gasteiger partial charge in [-0.2, -0.15) is 0 Å². The Morgan fingerprint density at radius 1 is 1.04 bits per heavy atom. The van der Waals surface area contributed by atoms with E-state index in [1.165, 1.54) is 5.56 Å². The van der Waals surface area contributed by atoms with Crippen molar-refractivity contribution in [3.05, 3.63) is 77.9 Å². The van der Waals surface area contributed by atoms with E-state index in [-0.39, 0.29) is 5.60 Å². The fraction of sp³-hybridized carbons (Fsp3) is 0.250. The van der Waals surface area contributed by atoms with Gasteiger partial charge in [-0.15, -0.1) is 0 Å². The molecule has 0 N–H and O–H groups in total. The topological polar surface area (TPSA) is 51.1 Å². The second-order valence-electron chi connectivity index (χ2n) is 6.71. The first-order valence-electron chi connectivity index (χ1n) is 8.49. The monoisotopic (exact) mass is 330 g/mol. The minimum Gasteiger partial charge on any atom is -0.361 e. The highest BCUT2D eigenvalue weighted by Crippen LogP contribution is 2.43. The van der Waals surface area contributed by atoms with Crippen molar-refractivity contribution in [3.8, 4) is 11.4 Å². The maximum atomic E-state index is 6.15. The van der Waals surface area contributed by atoms with Gasteiger partial charge in [0.1, 0.15) is 5.60 Å². The van der Waals surface area contributed by atoms with E-state index < -0.39 is 0 Å². The SMILES string of the molecule is c1ccc(-c2ncc3c(n2)COC32CN(Cc3cccnc3)C2)cc1. The number of rotatable bonds is 3. The van der Waals surface area contributed by atoms with Crippen LogP contribution in [0.4, 0.5) is 0 Å². The number of likely N-dealkylation sites (tertiary alicyclic amines) is 1. The number of fused-ring (bicyclic) bond motifs is 2. The van der Waals surface area contributed by atoms with Gasteiger partial charge in [0.15, 0.2) is 5.82 Å². The van der Waals surface area contributed by atoms with Crippen LogP contribution in [0.2, 0.25) is 0 Å². The zero-order valence-corrected chi connectivity index (χ0v) is 13.8. The third-order valence-electron chi connectivity index (χ3n) is 4.96. The Labute approximate surface area is 146 Å². The van der Waals surface area contributed by atoms with Gasteiger partial charge >= 0.3 is 0 Å². The van der Waals surface area contributed by atoms with E-state index in [1.54, 1.807) is 6.20 Å². The van der Waals surface area contributed by atoms with Crippen LogP contribution in [0, 0.1) is 0 Å². The summed E-state index contributed by atoms with van der Waals surface area (Å²) in [7, 11) is 0. The molecular weight excluding hydrogens is 312 g/mol. The molecule has 3 aromatic rings. The molecule has 1 aromatic carbocycles. The van der Waals surface area contributed by atoms with Gasteiger partial charge in [0.2, 0.25) is 0 Å². The first-order valence-corrected chi connectivity index (χ1v) is 8.49. The Balaban J connectivity index is 1.35. The minimum atomic E-state index is -0.229. The number of hydrogen-bond donors (Lipinski definition) is 0. The lowest BCUT2D eigenvalue weighted by atomic mass is 9.87. The molecule has 5 rings (SSSR count). The molecule has 0 amide bonds. The number of ether oxygens (including phenoxy) is 1. The van der Waals surface area contributed by atoms with Crippen LogP contribution in [0.15, 0.2) is 61.1 Å². The summed E-state index contributed by atoms with van der Waals surface area (Å²) in [6.07, 6.45) is 5.68. The van der Waals surface area contributed by atoms with E-state index in [0.29, 0.717) is 6.61 Å². The molecule has 0 radical (unpaired) electrons. The van der Waals surface area contributed by atoms with Crippen molar-refractivity contribution < 1.29 is 4.74 Å². The molecule has 1 saturated heterocycles. The van der Waals surface area contributed by atoms with Crippen molar-refractivity contribution in [2.45, 2.75) is 18.8 Å². The number of nitrogens with zero attached hydrogens (tertiary/aromatic N) is 4. The molecular formula is C20H18N4O. The molecule has 0 saturated carbocycles. The molecule has 0 atom stereocenters. The maximum absolute atomic E-state index is 6.15. The molecule has 2 aliphatic heterocycles. The van der Waals surface area contributed by atoms with Crippen LogP contribution >= 0.6 is 0 Å². The predicted octanol–water partition coefficient (Wildman–Crippen LogP) is 2.78. The third-order valence-corrected chi connectivity index (χ3v) is 4.96. The summed E-state index contributed by atoms with van der Waals surface area (Å²) in [5, 5.41) is 0. The van der Waals surface area contributed by atoms with Crippen molar-refractivity contribution in [3.63, 3.8) is 0 Å². The highest BCUT2D eigenvalue weighted by atomic mass is 16.5. The molecule has 1 fully saturated rings. The predicted molar refractivity (Wildman–Crippen MR) is 93.4 cm³/mol. The summed E-state index contributed by atoms with van der Waals surface area (Å²) in [5.74, 6) is 0.770. The van der Waals surface area contributed by atoms with Crippen LogP contribution in [0.3, 0.4) is 0 Å². The van der Waals surface area contributed by atoms with Gasteiger partial charge in [-0.1, -0.05) is 36.4 Å². The Morgan fingerprint density at radius 2 is 1.92 bits per heavy atom. The Bertz CT molecular complexity index is 892. The van der Waals surface area contributed by atoms with Gasteiger partial charge in [0.25, 0.3) is 0 Å². The maximum Gasteiger partial charge on any atom is 0.159 e. The fourth-order valence-corrected chi connectivity index (χ4v) is 3.72. The second-order valence-corrected chi connectivity index (χ2v) is 6.71. The number of benzene rings is 1. The number of hydrogen-bond acceptors (Lipinski definition) is 5. The quantitative estimate of drug-likeness (QED) is 0.739.